The number of hydrogen-bond acceptors (Lipinski definition) is 8. The number of nitrogens with zero attached hydrogens (tertiary/aromatic N) is 1. The number of ether oxygens (including phenoxy) is 4. The van der Waals surface area contributed by atoms with E-state index in [9.17, 15) is 14.4 Å². The Labute approximate surface area is 165 Å². The summed E-state index contributed by atoms with van der Waals surface area (Å²) in [7, 11) is 2.85. The van der Waals surface area contributed by atoms with Crippen molar-refractivity contribution in [2.45, 2.75) is 31.6 Å². The molecule has 4 rings (SSSR count). The molecule has 1 aromatic heterocycles. The van der Waals surface area contributed by atoms with E-state index < -0.39 is 23.3 Å². The number of aromatic nitrogens is 2. The number of nitrogens with two attached hydrogens (primary N) is 1. The second-order valence-electron chi connectivity index (χ2n) is 6.85. The first-order chi connectivity index (χ1) is 14.0. The molecule has 1 aromatic carbocycles. The monoisotopic (exact) mass is 403 g/mol. The van der Waals surface area contributed by atoms with E-state index in [0.29, 0.717) is 17.9 Å². The number of fused-ring (bicyclic) bond motifs is 1. The van der Waals surface area contributed by atoms with Gasteiger partial charge in [0.05, 0.1) is 26.9 Å². The van der Waals surface area contributed by atoms with Crippen LogP contribution in [-0.4, -0.2) is 42.5 Å². The van der Waals surface area contributed by atoms with Crippen LogP contribution in [0.4, 0.5) is 5.82 Å². The van der Waals surface area contributed by atoms with E-state index in [2.05, 4.69) is 4.98 Å². The van der Waals surface area contributed by atoms with E-state index >= 15 is 0 Å². The molecule has 0 saturated carbocycles. The van der Waals surface area contributed by atoms with Crippen LogP contribution in [0.5, 0.6) is 11.5 Å². The molecule has 154 valence electrons. The SMILES string of the molecule is COc1ccc2c(c1OC)C(=O)O[C@H]2c1c(N)n(C[C@H]2CCCO2)c(=O)[nH]c1=O. The van der Waals surface area contributed by atoms with E-state index in [1.54, 1.807) is 12.1 Å². The van der Waals surface area contributed by atoms with Crippen LogP contribution in [0.15, 0.2) is 21.7 Å². The number of rotatable bonds is 5. The van der Waals surface area contributed by atoms with Crippen LogP contribution in [0.25, 0.3) is 0 Å². The van der Waals surface area contributed by atoms with Gasteiger partial charge in [-0.05, 0) is 18.9 Å². The zero-order valence-corrected chi connectivity index (χ0v) is 16.0. The Hall–Kier alpha value is -3.27. The van der Waals surface area contributed by atoms with Gasteiger partial charge in [0.1, 0.15) is 16.9 Å². The van der Waals surface area contributed by atoms with E-state index in [0.717, 1.165) is 12.8 Å². The first-order valence-electron chi connectivity index (χ1n) is 9.16. The van der Waals surface area contributed by atoms with Crippen LogP contribution < -0.4 is 26.5 Å². The summed E-state index contributed by atoms with van der Waals surface area (Å²) in [6.45, 7) is 0.818. The third kappa shape index (κ3) is 3.05. The molecule has 10 heteroatoms. The van der Waals surface area contributed by atoms with Crippen molar-refractivity contribution >= 4 is 11.8 Å². The van der Waals surface area contributed by atoms with E-state index in [4.69, 9.17) is 24.7 Å². The first kappa shape index (κ1) is 19.1. The minimum absolute atomic E-state index is 0.0121. The highest BCUT2D eigenvalue weighted by molar-refractivity contribution is 5.98. The number of aromatic amines is 1. The van der Waals surface area contributed by atoms with Gasteiger partial charge in [-0.2, -0.15) is 0 Å². The van der Waals surface area contributed by atoms with Crippen LogP contribution in [0, 0.1) is 0 Å². The molecule has 10 nitrogen and oxygen atoms in total. The molecule has 2 aliphatic rings. The highest BCUT2D eigenvalue weighted by Crippen LogP contribution is 2.44. The zero-order chi connectivity index (χ0) is 20.7. The molecule has 2 aliphatic heterocycles. The Morgan fingerprint density at radius 2 is 2.03 bits per heavy atom. The maximum atomic E-state index is 12.6. The second kappa shape index (κ2) is 7.28. The summed E-state index contributed by atoms with van der Waals surface area (Å²) in [5, 5.41) is 0. The fraction of sp³-hybridized carbons (Fsp3) is 0.421. The fourth-order valence-electron chi connectivity index (χ4n) is 3.84. The minimum Gasteiger partial charge on any atom is -0.493 e. The van der Waals surface area contributed by atoms with E-state index in [1.165, 1.54) is 18.8 Å². The maximum absolute atomic E-state index is 12.6. The molecule has 1 saturated heterocycles. The van der Waals surface area contributed by atoms with Crippen molar-refractivity contribution in [2.75, 3.05) is 26.6 Å². The lowest BCUT2D eigenvalue weighted by molar-refractivity contribution is 0.0451. The third-order valence-corrected chi connectivity index (χ3v) is 5.24. The number of anilines is 1. The normalized spacial score (nSPS) is 20.4. The maximum Gasteiger partial charge on any atom is 0.343 e. The van der Waals surface area contributed by atoms with Gasteiger partial charge in [0.2, 0.25) is 0 Å². The largest absolute Gasteiger partial charge is 0.493 e. The second-order valence-corrected chi connectivity index (χ2v) is 6.85. The van der Waals surface area contributed by atoms with Crippen molar-refractivity contribution in [1.29, 1.82) is 0 Å². The van der Waals surface area contributed by atoms with Crippen molar-refractivity contribution in [3.63, 3.8) is 0 Å². The van der Waals surface area contributed by atoms with Gasteiger partial charge >= 0.3 is 11.7 Å². The summed E-state index contributed by atoms with van der Waals surface area (Å²) >= 11 is 0. The fourth-order valence-corrected chi connectivity index (χ4v) is 3.84. The molecule has 1 fully saturated rings. The Bertz CT molecular complexity index is 1080. The van der Waals surface area contributed by atoms with Crippen LogP contribution in [-0.2, 0) is 16.0 Å². The number of cyclic esters (lactones) is 1. The number of methoxy groups -OCH3 is 2. The van der Waals surface area contributed by atoms with Crippen LogP contribution in [0.3, 0.4) is 0 Å². The third-order valence-electron chi connectivity index (χ3n) is 5.24. The van der Waals surface area contributed by atoms with Crippen molar-refractivity contribution in [3.8, 4) is 11.5 Å². The minimum atomic E-state index is -1.07. The molecule has 0 spiro atoms. The number of carbonyl (C=O) groups is 1. The van der Waals surface area contributed by atoms with Crippen LogP contribution in [0.1, 0.15) is 40.4 Å². The quantitative estimate of drug-likeness (QED) is 0.692. The van der Waals surface area contributed by atoms with Gasteiger partial charge in [-0.1, -0.05) is 6.07 Å². The molecule has 2 aromatic rings. The molecule has 0 radical (unpaired) electrons. The average molecular weight is 403 g/mol. The lowest BCUT2D eigenvalue weighted by Crippen LogP contribution is -2.38. The Morgan fingerprint density at radius 3 is 2.69 bits per heavy atom. The van der Waals surface area contributed by atoms with Crippen LogP contribution in [0.2, 0.25) is 0 Å². The van der Waals surface area contributed by atoms with Gasteiger partial charge in [0.15, 0.2) is 17.6 Å². The lowest BCUT2D eigenvalue weighted by atomic mass is 9.99. The van der Waals surface area contributed by atoms with Crippen molar-refractivity contribution in [2.24, 2.45) is 0 Å². The van der Waals surface area contributed by atoms with Gasteiger partial charge in [0, 0.05) is 12.2 Å². The standard InChI is InChI=1S/C19H21N3O7/c1-26-11-6-5-10-12(15(11)27-2)18(24)29-14(10)13-16(20)22(19(25)21-17(13)23)8-9-4-3-7-28-9/h5-6,9,14H,3-4,7-8,20H2,1-2H3,(H,21,23,25)/t9-,14-/m1/s1. The van der Waals surface area contributed by atoms with Gasteiger partial charge in [-0.15, -0.1) is 0 Å². The number of benzene rings is 1. The average Bonchev–Trinajstić information content (AvgIpc) is 3.32. The summed E-state index contributed by atoms with van der Waals surface area (Å²) < 4.78 is 22.8. The summed E-state index contributed by atoms with van der Waals surface area (Å²) in [5.74, 6) is -0.166. The zero-order valence-electron chi connectivity index (χ0n) is 16.0. The summed E-state index contributed by atoms with van der Waals surface area (Å²) in [4.78, 5) is 39.8. The number of hydrogen-bond donors (Lipinski definition) is 2. The Balaban J connectivity index is 1.84. The van der Waals surface area contributed by atoms with Crippen molar-refractivity contribution in [1.82, 2.24) is 9.55 Å². The molecule has 2 atom stereocenters. The first-order valence-corrected chi connectivity index (χ1v) is 9.16. The van der Waals surface area contributed by atoms with Crippen LogP contribution >= 0.6 is 0 Å². The molecule has 0 aliphatic carbocycles. The molecular weight excluding hydrogens is 382 g/mol. The van der Waals surface area contributed by atoms with Gasteiger partial charge in [-0.25, -0.2) is 9.59 Å². The summed E-state index contributed by atoms with van der Waals surface area (Å²) in [6.07, 6.45) is 0.442. The molecular formula is C19H21N3O7. The number of nitrogens with one attached hydrogen (secondary N) is 1. The Morgan fingerprint density at radius 1 is 1.24 bits per heavy atom. The molecule has 3 heterocycles. The van der Waals surface area contributed by atoms with Crippen molar-refractivity contribution < 1.29 is 23.7 Å². The summed E-state index contributed by atoms with van der Waals surface area (Å²) in [6, 6.07) is 3.22. The molecule has 0 amide bonds. The van der Waals surface area contributed by atoms with Gasteiger partial charge in [-0.3, -0.25) is 14.3 Å². The summed E-state index contributed by atoms with van der Waals surface area (Å²) in [5.41, 5.74) is 5.42. The molecule has 29 heavy (non-hydrogen) atoms. The van der Waals surface area contributed by atoms with Gasteiger partial charge < -0.3 is 24.7 Å². The van der Waals surface area contributed by atoms with Crippen molar-refractivity contribution in [3.05, 3.63) is 49.7 Å². The number of carbonyl (C=O) groups excluding carboxylic acids is 1. The predicted molar refractivity (Wildman–Crippen MR) is 102 cm³/mol. The molecule has 0 bridgehead atoms. The van der Waals surface area contributed by atoms with E-state index in [1.807, 2.05) is 0 Å². The number of esters is 1. The smallest absolute Gasteiger partial charge is 0.343 e. The number of nitrogen functional groups attached to an aromatic ring is 1. The topological polar surface area (TPSA) is 135 Å². The highest BCUT2D eigenvalue weighted by atomic mass is 16.6. The van der Waals surface area contributed by atoms with E-state index in [-0.39, 0.29) is 35.3 Å². The van der Waals surface area contributed by atoms with Gasteiger partial charge in [0.25, 0.3) is 5.56 Å². The number of H-pyrrole nitrogens is 1. The predicted octanol–water partition coefficient (Wildman–Crippen LogP) is 0.575. The molecule has 0 unspecified atom stereocenters. The Kier molecular flexibility index (Phi) is 4.79. The molecule has 3 N–H and O–H groups in total. The lowest BCUT2D eigenvalue weighted by Gasteiger charge is -2.18. The highest BCUT2D eigenvalue weighted by Gasteiger charge is 2.39.